The Morgan fingerprint density at radius 2 is 2.15 bits per heavy atom. The van der Waals surface area contributed by atoms with Crippen LogP contribution >= 0.6 is 0 Å². The van der Waals surface area contributed by atoms with Crippen molar-refractivity contribution in [2.45, 2.75) is 32.7 Å². The van der Waals surface area contributed by atoms with E-state index in [2.05, 4.69) is 22.1 Å². The Bertz CT molecular complexity index is 468. The molecule has 0 aliphatic carbocycles. The molecule has 0 atom stereocenters. The molecule has 2 rings (SSSR count). The monoisotopic (exact) mass is 277 g/mol. The molecule has 1 N–H and O–H groups in total. The highest BCUT2D eigenvalue weighted by Gasteiger charge is 2.18. The fourth-order valence-corrected chi connectivity index (χ4v) is 2.57. The summed E-state index contributed by atoms with van der Waals surface area (Å²) in [5, 5.41) is 3.46. The van der Waals surface area contributed by atoms with Gasteiger partial charge in [0, 0.05) is 19.1 Å². The molecule has 0 bridgehead atoms. The minimum atomic E-state index is -0.335. The SMILES string of the molecule is CCN1CCC(Nc2ccc(C(=O)OC)c(C)n2)CC1. The quantitative estimate of drug-likeness (QED) is 0.854. The largest absolute Gasteiger partial charge is 0.465 e. The van der Waals surface area contributed by atoms with Gasteiger partial charge in [0.05, 0.1) is 18.4 Å². The lowest BCUT2D eigenvalue weighted by molar-refractivity contribution is 0.0599. The first kappa shape index (κ1) is 14.8. The Morgan fingerprint density at radius 3 is 2.70 bits per heavy atom. The van der Waals surface area contributed by atoms with Gasteiger partial charge in [-0.05, 0) is 38.4 Å². The van der Waals surface area contributed by atoms with Crippen LogP contribution in [0.4, 0.5) is 5.82 Å². The van der Waals surface area contributed by atoms with Gasteiger partial charge in [-0.2, -0.15) is 0 Å². The maximum Gasteiger partial charge on any atom is 0.339 e. The molecule has 0 radical (unpaired) electrons. The van der Waals surface area contributed by atoms with Gasteiger partial charge < -0.3 is 15.0 Å². The molecule has 1 fully saturated rings. The van der Waals surface area contributed by atoms with Crippen molar-refractivity contribution >= 4 is 11.8 Å². The second kappa shape index (κ2) is 6.70. The zero-order valence-electron chi connectivity index (χ0n) is 12.5. The number of carbonyl (C=O) groups excluding carboxylic acids is 1. The van der Waals surface area contributed by atoms with E-state index >= 15 is 0 Å². The van der Waals surface area contributed by atoms with Crippen LogP contribution in [0.1, 0.15) is 35.8 Å². The fourth-order valence-electron chi connectivity index (χ4n) is 2.57. The summed E-state index contributed by atoms with van der Waals surface area (Å²) in [6, 6.07) is 4.09. The molecule has 0 saturated carbocycles. The van der Waals surface area contributed by atoms with Gasteiger partial charge in [0.15, 0.2) is 0 Å². The molecule has 1 aliphatic heterocycles. The minimum Gasteiger partial charge on any atom is -0.465 e. The molecule has 1 aliphatic rings. The number of aromatic nitrogens is 1. The van der Waals surface area contributed by atoms with Crippen molar-refractivity contribution in [3.63, 3.8) is 0 Å². The minimum absolute atomic E-state index is 0.335. The summed E-state index contributed by atoms with van der Waals surface area (Å²) >= 11 is 0. The Kier molecular flexibility index (Phi) is 4.95. The van der Waals surface area contributed by atoms with E-state index in [9.17, 15) is 4.79 Å². The molecule has 0 unspecified atom stereocenters. The van der Waals surface area contributed by atoms with Crippen LogP contribution in [0.3, 0.4) is 0 Å². The molecular formula is C15H23N3O2. The lowest BCUT2D eigenvalue weighted by Gasteiger charge is -2.31. The number of carbonyl (C=O) groups is 1. The van der Waals surface area contributed by atoms with Gasteiger partial charge in [0.2, 0.25) is 0 Å². The van der Waals surface area contributed by atoms with Crippen molar-refractivity contribution in [1.82, 2.24) is 9.88 Å². The first-order chi connectivity index (χ1) is 9.63. The predicted octanol–water partition coefficient (Wildman–Crippen LogP) is 2.07. The summed E-state index contributed by atoms with van der Waals surface area (Å²) in [6.07, 6.45) is 2.26. The van der Waals surface area contributed by atoms with Gasteiger partial charge in [0.1, 0.15) is 5.82 Å². The van der Waals surface area contributed by atoms with Crippen molar-refractivity contribution in [2.75, 3.05) is 32.1 Å². The van der Waals surface area contributed by atoms with Crippen LogP contribution in [-0.4, -0.2) is 48.6 Å². The first-order valence-corrected chi connectivity index (χ1v) is 7.19. The van der Waals surface area contributed by atoms with E-state index in [0.717, 1.165) is 38.3 Å². The molecule has 20 heavy (non-hydrogen) atoms. The van der Waals surface area contributed by atoms with E-state index < -0.39 is 0 Å². The average Bonchev–Trinajstić information content (AvgIpc) is 2.47. The molecule has 5 nitrogen and oxygen atoms in total. The number of esters is 1. The fraction of sp³-hybridized carbons (Fsp3) is 0.600. The molecule has 110 valence electrons. The summed E-state index contributed by atoms with van der Waals surface area (Å²) < 4.78 is 4.73. The van der Waals surface area contributed by atoms with Crippen LogP contribution in [0.5, 0.6) is 0 Å². The van der Waals surface area contributed by atoms with Crippen molar-refractivity contribution in [1.29, 1.82) is 0 Å². The number of nitrogens with zero attached hydrogens (tertiary/aromatic N) is 2. The summed E-state index contributed by atoms with van der Waals surface area (Å²) in [4.78, 5) is 18.4. The first-order valence-electron chi connectivity index (χ1n) is 7.19. The van der Waals surface area contributed by atoms with E-state index in [-0.39, 0.29) is 5.97 Å². The van der Waals surface area contributed by atoms with Crippen molar-refractivity contribution in [2.24, 2.45) is 0 Å². The molecular weight excluding hydrogens is 254 g/mol. The highest BCUT2D eigenvalue weighted by atomic mass is 16.5. The Labute approximate surface area is 120 Å². The number of hydrogen-bond donors (Lipinski definition) is 1. The van der Waals surface area contributed by atoms with Crippen LogP contribution < -0.4 is 5.32 Å². The molecule has 1 aromatic heterocycles. The Balaban J connectivity index is 1.97. The standard InChI is InChI=1S/C15H23N3O2/c1-4-18-9-7-12(8-10-18)17-14-6-5-13(11(2)16-14)15(19)20-3/h5-6,12H,4,7-10H2,1-3H3,(H,16,17). The summed E-state index contributed by atoms with van der Waals surface area (Å²) in [6.45, 7) is 7.42. The number of piperidine rings is 1. The van der Waals surface area contributed by atoms with E-state index in [0.29, 0.717) is 17.3 Å². The topological polar surface area (TPSA) is 54.5 Å². The zero-order chi connectivity index (χ0) is 14.5. The van der Waals surface area contributed by atoms with Crippen molar-refractivity contribution < 1.29 is 9.53 Å². The molecule has 1 aromatic rings. The van der Waals surface area contributed by atoms with Gasteiger partial charge in [-0.25, -0.2) is 9.78 Å². The molecule has 1 saturated heterocycles. The lowest BCUT2D eigenvalue weighted by Crippen LogP contribution is -2.39. The summed E-state index contributed by atoms with van der Waals surface area (Å²) in [7, 11) is 1.38. The number of hydrogen-bond acceptors (Lipinski definition) is 5. The number of ether oxygens (including phenoxy) is 1. The van der Waals surface area contributed by atoms with Gasteiger partial charge >= 0.3 is 5.97 Å². The van der Waals surface area contributed by atoms with Crippen LogP contribution in [0, 0.1) is 6.92 Å². The predicted molar refractivity (Wildman–Crippen MR) is 79.1 cm³/mol. The van der Waals surface area contributed by atoms with Crippen LogP contribution in [0.15, 0.2) is 12.1 Å². The maximum atomic E-state index is 11.5. The molecule has 2 heterocycles. The zero-order valence-corrected chi connectivity index (χ0v) is 12.5. The van der Waals surface area contributed by atoms with E-state index in [1.54, 1.807) is 6.07 Å². The normalized spacial score (nSPS) is 16.9. The third-order valence-electron chi connectivity index (χ3n) is 3.88. The van der Waals surface area contributed by atoms with Crippen molar-refractivity contribution in [3.8, 4) is 0 Å². The number of pyridine rings is 1. The smallest absolute Gasteiger partial charge is 0.339 e. The average molecular weight is 277 g/mol. The molecule has 0 spiro atoms. The number of anilines is 1. The van der Waals surface area contributed by atoms with E-state index in [1.807, 2.05) is 13.0 Å². The van der Waals surface area contributed by atoms with Gasteiger partial charge in [-0.3, -0.25) is 0 Å². The number of likely N-dealkylation sites (tertiary alicyclic amines) is 1. The molecule has 0 aromatic carbocycles. The Morgan fingerprint density at radius 1 is 1.45 bits per heavy atom. The van der Waals surface area contributed by atoms with Gasteiger partial charge in [-0.1, -0.05) is 6.92 Å². The maximum absolute atomic E-state index is 11.5. The second-order valence-electron chi connectivity index (χ2n) is 5.17. The van der Waals surface area contributed by atoms with Crippen LogP contribution in [0.2, 0.25) is 0 Å². The van der Waals surface area contributed by atoms with Crippen LogP contribution in [-0.2, 0) is 4.74 Å². The molecule has 5 heteroatoms. The number of methoxy groups -OCH3 is 1. The number of rotatable bonds is 4. The lowest BCUT2D eigenvalue weighted by atomic mass is 10.1. The number of aryl methyl sites for hydroxylation is 1. The van der Waals surface area contributed by atoms with E-state index in [4.69, 9.17) is 4.74 Å². The molecule has 0 amide bonds. The van der Waals surface area contributed by atoms with Gasteiger partial charge in [0.25, 0.3) is 0 Å². The summed E-state index contributed by atoms with van der Waals surface area (Å²) in [5.74, 6) is 0.503. The third kappa shape index (κ3) is 3.48. The summed E-state index contributed by atoms with van der Waals surface area (Å²) in [5.41, 5.74) is 1.23. The number of nitrogens with one attached hydrogen (secondary N) is 1. The van der Waals surface area contributed by atoms with Crippen LogP contribution in [0.25, 0.3) is 0 Å². The third-order valence-corrected chi connectivity index (χ3v) is 3.88. The Hall–Kier alpha value is -1.62. The second-order valence-corrected chi connectivity index (χ2v) is 5.17. The highest BCUT2D eigenvalue weighted by Crippen LogP contribution is 2.17. The van der Waals surface area contributed by atoms with E-state index in [1.165, 1.54) is 7.11 Å². The highest BCUT2D eigenvalue weighted by molar-refractivity contribution is 5.90. The van der Waals surface area contributed by atoms with Crippen molar-refractivity contribution in [3.05, 3.63) is 23.4 Å². The van der Waals surface area contributed by atoms with Gasteiger partial charge in [-0.15, -0.1) is 0 Å².